The number of halogens is 1. The minimum Gasteiger partial charge on any atom is -0.469 e. The van der Waals surface area contributed by atoms with Crippen molar-refractivity contribution in [3.8, 4) is 0 Å². The second-order valence-corrected chi connectivity index (χ2v) is 5.58. The maximum atomic E-state index is 12.0. The van der Waals surface area contributed by atoms with Gasteiger partial charge in [0.2, 0.25) is 5.91 Å². The number of esters is 1. The van der Waals surface area contributed by atoms with Crippen molar-refractivity contribution in [3.63, 3.8) is 0 Å². The Bertz CT molecular complexity index is 506. The zero-order valence-electron chi connectivity index (χ0n) is 12.6. The minimum absolute atomic E-state index is 0.105. The Balaban J connectivity index is 2.52. The van der Waals surface area contributed by atoms with Crippen LogP contribution in [0.3, 0.4) is 0 Å². The molecular weight excluding hydrogens is 336 g/mol. The third-order valence-electron chi connectivity index (χ3n) is 3.07. The summed E-state index contributed by atoms with van der Waals surface area (Å²) in [6, 6.07) is 5.75. The van der Waals surface area contributed by atoms with Crippen molar-refractivity contribution in [3.05, 3.63) is 28.2 Å². The van der Waals surface area contributed by atoms with Gasteiger partial charge in [-0.25, -0.2) is 0 Å². The molecule has 0 radical (unpaired) electrons. The average Bonchev–Trinajstić information content (AvgIpc) is 2.46. The molecule has 6 heteroatoms. The molecular formula is C15H21BrN2O3. The highest BCUT2D eigenvalue weighted by Crippen LogP contribution is 2.23. The first kappa shape index (κ1) is 17.7. The van der Waals surface area contributed by atoms with Gasteiger partial charge in [-0.15, -0.1) is 0 Å². The van der Waals surface area contributed by atoms with Gasteiger partial charge < -0.3 is 10.1 Å². The number of benzene rings is 1. The van der Waals surface area contributed by atoms with Gasteiger partial charge in [0.1, 0.15) is 0 Å². The molecule has 116 valence electrons. The van der Waals surface area contributed by atoms with E-state index in [9.17, 15) is 9.59 Å². The van der Waals surface area contributed by atoms with Gasteiger partial charge in [-0.3, -0.25) is 14.5 Å². The molecule has 0 bridgehead atoms. The first-order chi connectivity index (χ1) is 9.96. The number of amides is 1. The van der Waals surface area contributed by atoms with Crippen molar-refractivity contribution < 1.29 is 14.3 Å². The maximum absolute atomic E-state index is 12.0. The summed E-state index contributed by atoms with van der Waals surface area (Å²) in [6.07, 6.45) is 0.284. The number of nitrogens with one attached hydrogen (secondary N) is 1. The quantitative estimate of drug-likeness (QED) is 0.762. The van der Waals surface area contributed by atoms with Crippen LogP contribution >= 0.6 is 15.9 Å². The predicted octanol–water partition coefficient (Wildman–Crippen LogP) is 2.58. The van der Waals surface area contributed by atoms with Gasteiger partial charge in [0, 0.05) is 11.0 Å². The van der Waals surface area contributed by atoms with Crippen LogP contribution in [0.1, 0.15) is 18.9 Å². The molecule has 1 aromatic carbocycles. The van der Waals surface area contributed by atoms with Gasteiger partial charge in [-0.1, -0.05) is 13.0 Å². The summed E-state index contributed by atoms with van der Waals surface area (Å²) >= 11 is 3.43. The van der Waals surface area contributed by atoms with E-state index in [1.54, 1.807) is 0 Å². The summed E-state index contributed by atoms with van der Waals surface area (Å²) in [4.78, 5) is 25.1. The number of ether oxygens (including phenoxy) is 1. The van der Waals surface area contributed by atoms with Crippen LogP contribution in [0, 0.1) is 6.92 Å². The highest BCUT2D eigenvalue weighted by Gasteiger charge is 2.12. The summed E-state index contributed by atoms with van der Waals surface area (Å²) in [5, 5.41) is 2.86. The van der Waals surface area contributed by atoms with Gasteiger partial charge >= 0.3 is 5.97 Å². The molecule has 1 amide bonds. The molecule has 1 rings (SSSR count). The Labute approximate surface area is 133 Å². The lowest BCUT2D eigenvalue weighted by Crippen LogP contribution is -2.34. The molecule has 0 aliphatic heterocycles. The standard InChI is InChI=1S/C15H21BrN2O3/c1-4-18(8-7-15(20)21-3)10-14(19)17-13-6-5-11(2)9-12(13)16/h5-6,9H,4,7-8,10H2,1-3H3,(H,17,19). The lowest BCUT2D eigenvalue weighted by molar-refractivity contribution is -0.141. The van der Waals surface area contributed by atoms with Crippen LogP contribution in [-0.2, 0) is 14.3 Å². The lowest BCUT2D eigenvalue weighted by atomic mass is 10.2. The fraction of sp³-hybridized carbons (Fsp3) is 0.467. The molecule has 1 N–H and O–H groups in total. The monoisotopic (exact) mass is 356 g/mol. The lowest BCUT2D eigenvalue weighted by Gasteiger charge is -2.19. The van der Waals surface area contributed by atoms with Crippen LogP contribution in [0.25, 0.3) is 0 Å². The number of nitrogens with zero attached hydrogens (tertiary/aromatic N) is 1. The largest absolute Gasteiger partial charge is 0.469 e. The Hall–Kier alpha value is -1.40. The molecule has 5 nitrogen and oxygen atoms in total. The number of rotatable bonds is 7. The van der Waals surface area contributed by atoms with E-state index in [4.69, 9.17) is 0 Å². The van der Waals surface area contributed by atoms with E-state index in [2.05, 4.69) is 26.0 Å². The van der Waals surface area contributed by atoms with E-state index in [1.165, 1.54) is 7.11 Å². The number of methoxy groups -OCH3 is 1. The molecule has 0 saturated heterocycles. The summed E-state index contributed by atoms with van der Waals surface area (Å²) in [6.45, 7) is 5.38. The Morgan fingerprint density at radius 1 is 1.38 bits per heavy atom. The molecule has 21 heavy (non-hydrogen) atoms. The number of hydrogen-bond donors (Lipinski definition) is 1. The van der Waals surface area contributed by atoms with E-state index in [1.807, 2.05) is 36.9 Å². The third-order valence-corrected chi connectivity index (χ3v) is 3.73. The number of hydrogen-bond acceptors (Lipinski definition) is 4. The predicted molar refractivity (Wildman–Crippen MR) is 86.3 cm³/mol. The van der Waals surface area contributed by atoms with E-state index >= 15 is 0 Å². The first-order valence-corrected chi connectivity index (χ1v) is 7.60. The topological polar surface area (TPSA) is 58.6 Å². The zero-order chi connectivity index (χ0) is 15.8. The molecule has 0 saturated carbocycles. The summed E-state index contributed by atoms with van der Waals surface area (Å²) in [5.74, 6) is -0.374. The van der Waals surface area contributed by atoms with E-state index < -0.39 is 0 Å². The average molecular weight is 357 g/mol. The molecule has 0 spiro atoms. The molecule has 0 aromatic heterocycles. The van der Waals surface area contributed by atoms with Crippen LogP contribution in [0.4, 0.5) is 5.69 Å². The summed E-state index contributed by atoms with van der Waals surface area (Å²) in [5.41, 5.74) is 1.86. The molecule has 0 unspecified atom stereocenters. The molecule has 0 aliphatic carbocycles. The zero-order valence-corrected chi connectivity index (χ0v) is 14.2. The third kappa shape index (κ3) is 6.27. The van der Waals surface area contributed by atoms with Crippen molar-refractivity contribution in [2.75, 3.05) is 32.1 Å². The smallest absolute Gasteiger partial charge is 0.306 e. The molecule has 1 aromatic rings. The van der Waals surface area contributed by atoms with E-state index in [-0.39, 0.29) is 24.8 Å². The van der Waals surface area contributed by atoms with Crippen molar-refractivity contribution in [1.29, 1.82) is 0 Å². The minimum atomic E-state index is -0.268. The van der Waals surface area contributed by atoms with Crippen molar-refractivity contribution in [1.82, 2.24) is 4.90 Å². The van der Waals surface area contributed by atoms with Crippen molar-refractivity contribution in [2.45, 2.75) is 20.3 Å². The molecule has 0 fully saturated rings. The second kappa shape index (κ2) is 8.79. The fourth-order valence-corrected chi connectivity index (χ4v) is 2.41. The number of aryl methyl sites for hydroxylation is 1. The fourth-order valence-electron chi connectivity index (χ4n) is 1.81. The van der Waals surface area contributed by atoms with E-state index in [0.29, 0.717) is 13.1 Å². The van der Waals surface area contributed by atoms with Crippen molar-refractivity contribution >= 4 is 33.5 Å². The van der Waals surface area contributed by atoms with Gasteiger partial charge in [0.15, 0.2) is 0 Å². The van der Waals surface area contributed by atoms with Crippen LogP contribution in [0.5, 0.6) is 0 Å². The number of carbonyl (C=O) groups is 2. The normalized spacial score (nSPS) is 10.5. The maximum Gasteiger partial charge on any atom is 0.306 e. The highest BCUT2D eigenvalue weighted by atomic mass is 79.9. The van der Waals surface area contributed by atoms with Gasteiger partial charge in [0.05, 0.1) is 25.8 Å². The van der Waals surface area contributed by atoms with Crippen LogP contribution in [0.2, 0.25) is 0 Å². The van der Waals surface area contributed by atoms with Gasteiger partial charge in [-0.2, -0.15) is 0 Å². The number of anilines is 1. The van der Waals surface area contributed by atoms with Crippen molar-refractivity contribution in [2.24, 2.45) is 0 Å². The first-order valence-electron chi connectivity index (χ1n) is 6.81. The Morgan fingerprint density at radius 3 is 2.67 bits per heavy atom. The van der Waals surface area contributed by atoms with Crippen LogP contribution in [-0.4, -0.2) is 43.5 Å². The second-order valence-electron chi connectivity index (χ2n) is 4.73. The van der Waals surface area contributed by atoms with Crippen LogP contribution < -0.4 is 5.32 Å². The Morgan fingerprint density at radius 2 is 2.10 bits per heavy atom. The summed E-state index contributed by atoms with van der Waals surface area (Å²) < 4.78 is 5.46. The van der Waals surface area contributed by atoms with Gasteiger partial charge in [-0.05, 0) is 47.1 Å². The van der Waals surface area contributed by atoms with E-state index in [0.717, 1.165) is 15.7 Å². The summed E-state index contributed by atoms with van der Waals surface area (Å²) in [7, 11) is 1.36. The van der Waals surface area contributed by atoms with Gasteiger partial charge in [0.25, 0.3) is 0 Å². The molecule has 0 heterocycles. The number of carbonyl (C=O) groups excluding carboxylic acids is 2. The SMILES string of the molecule is CCN(CCC(=O)OC)CC(=O)Nc1ccc(C)cc1Br. The number of likely N-dealkylation sites (N-methyl/N-ethyl adjacent to an activating group) is 1. The highest BCUT2D eigenvalue weighted by molar-refractivity contribution is 9.10. The molecule has 0 atom stereocenters. The Kier molecular flexibility index (Phi) is 7.39. The van der Waals surface area contributed by atoms with Crippen LogP contribution in [0.15, 0.2) is 22.7 Å². The molecule has 0 aliphatic rings.